The third-order valence-electron chi connectivity index (χ3n) is 4.35. The van der Waals surface area contributed by atoms with E-state index in [4.69, 9.17) is 10.00 Å². The van der Waals surface area contributed by atoms with Crippen molar-refractivity contribution in [2.75, 3.05) is 6.54 Å². The molecule has 6 heteroatoms. The summed E-state index contributed by atoms with van der Waals surface area (Å²) in [6.45, 7) is 4.42. The molecule has 0 bridgehead atoms. The van der Waals surface area contributed by atoms with Crippen LogP contribution in [0.1, 0.15) is 16.7 Å². The van der Waals surface area contributed by atoms with E-state index >= 15 is 0 Å². The Bertz CT molecular complexity index is 1120. The molecule has 0 aliphatic rings. The van der Waals surface area contributed by atoms with Crippen LogP contribution in [-0.2, 0) is 11.3 Å². The smallest absolute Gasteiger partial charge is 0.247 e. The van der Waals surface area contributed by atoms with E-state index in [2.05, 4.69) is 17.6 Å². The van der Waals surface area contributed by atoms with Crippen molar-refractivity contribution in [3.05, 3.63) is 108 Å². The lowest BCUT2D eigenvalue weighted by Gasteiger charge is -2.19. The van der Waals surface area contributed by atoms with Crippen LogP contribution in [0.2, 0.25) is 0 Å². The molecule has 3 aromatic rings. The van der Waals surface area contributed by atoms with Crippen LogP contribution < -0.4 is 4.74 Å². The van der Waals surface area contributed by atoms with Crippen molar-refractivity contribution in [1.29, 1.82) is 5.26 Å². The molecule has 0 saturated carbocycles. The number of halogens is 1. The second-order valence-electron chi connectivity index (χ2n) is 6.63. The number of hydrogen-bond acceptors (Lipinski definition) is 4. The van der Waals surface area contributed by atoms with Crippen molar-refractivity contribution < 1.29 is 13.9 Å². The molecule has 0 aliphatic carbocycles. The Kier molecular flexibility index (Phi) is 7.28. The van der Waals surface area contributed by atoms with Gasteiger partial charge in [0, 0.05) is 25.4 Å². The number of benzene rings is 2. The van der Waals surface area contributed by atoms with Crippen LogP contribution in [0.25, 0.3) is 6.08 Å². The molecule has 3 rings (SSSR count). The fourth-order valence-corrected chi connectivity index (χ4v) is 2.80. The largest absolute Gasteiger partial charge is 0.453 e. The van der Waals surface area contributed by atoms with Gasteiger partial charge in [0.1, 0.15) is 5.75 Å². The number of ether oxygens (including phenoxy) is 1. The van der Waals surface area contributed by atoms with E-state index in [0.29, 0.717) is 30.0 Å². The number of nitriles is 1. The van der Waals surface area contributed by atoms with E-state index in [0.717, 1.165) is 5.56 Å². The minimum absolute atomic E-state index is 0.0746. The molecule has 0 fully saturated rings. The highest BCUT2D eigenvalue weighted by atomic mass is 19.1. The SMILES string of the molecule is C=CCN(Cc1ccc(C#N)cc1)C(=O)/C=C/c1ccc(Oc2cccnc2)c(F)c1. The molecule has 1 aromatic heterocycles. The molecule has 0 atom stereocenters. The van der Waals surface area contributed by atoms with Crippen LogP contribution in [0.3, 0.4) is 0 Å². The average Bonchev–Trinajstić information content (AvgIpc) is 2.80. The fourth-order valence-electron chi connectivity index (χ4n) is 2.80. The van der Waals surface area contributed by atoms with Gasteiger partial charge in [0.05, 0.1) is 17.8 Å². The lowest BCUT2D eigenvalue weighted by Crippen LogP contribution is -2.29. The zero-order valence-corrected chi connectivity index (χ0v) is 16.7. The van der Waals surface area contributed by atoms with E-state index in [1.807, 2.05) is 12.1 Å². The molecule has 0 aliphatic heterocycles. The number of amides is 1. The second kappa shape index (κ2) is 10.5. The van der Waals surface area contributed by atoms with E-state index in [9.17, 15) is 9.18 Å². The molecule has 1 amide bonds. The molecule has 0 spiro atoms. The molecule has 0 unspecified atom stereocenters. The first-order chi connectivity index (χ1) is 15.1. The number of rotatable bonds is 8. The van der Waals surface area contributed by atoms with Crippen molar-refractivity contribution in [2.24, 2.45) is 0 Å². The maximum absolute atomic E-state index is 14.4. The summed E-state index contributed by atoms with van der Waals surface area (Å²) in [4.78, 5) is 18.2. The highest BCUT2D eigenvalue weighted by Crippen LogP contribution is 2.25. The number of pyridine rings is 1. The highest BCUT2D eigenvalue weighted by molar-refractivity contribution is 5.91. The maximum Gasteiger partial charge on any atom is 0.247 e. The number of nitrogens with zero attached hydrogens (tertiary/aromatic N) is 3. The third kappa shape index (κ3) is 6.12. The Hall–Kier alpha value is -4.24. The lowest BCUT2D eigenvalue weighted by atomic mass is 10.1. The minimum atomic E-state index is -0.543. The van der Waals surface area contributed by atoms with Crippen molar-refractivity contribution in [1.82, 2.24) is 9.88 Å². The standard InChI is InChI=1S/C25H20FN3O2/c1-2-14-29(18-21-7-5-20(16-27)6-8-21)25(30)12-10-19-9-11-24(23(26)15-19)31-22-4-3-13-28-17-22/h2-13,15,17H,1,14,18H2/b12-10+. The van der Waals surface area contributed by atoms with E-state index < -0.39 is 5.82 Å². The highest BCUT2D eigenvalue weighted by Gasteiger charge is 2.11. The number of aromatic nitrogens is 1. The predicted octanol–water partition coefficient (Wildman–Crippen LogP) is 5.11. The maximum atomic E-state index is 14.4. The Morgan fingerprint density at radius 1 is 1.23 bits per heavy atom. The number of carbonyl (C=O) groups excluding carboxylic acids is 1. The summed E-state index contributed by atoms with van der Waals surface area (Å²) in [5.41, 5.74) is 1.98. The zero-order chi connectivity index (χ0) is 22.1. The lowest BCUT2D eigenvalue weighted by molar-refractivity contribution is -0.126. The topological polar surface area (TPSA) is 66.2 Å². The van der Waals surface area contributed by atoms with Gasteiger partial charge < -0.3 is 9.64 Å². The number of carbonyl (C=O) groups is 1. The van der Waals surface area contributed by atoms with Gasteiger partial charge in [0.2, 0.25) is 5.91 Å². The fraction of sp³-hybridized carbons (Fsp3) is 0.0800. The first-order valence-electron chi connectivity index (χ1n) is 9.53. The molecule has 154 valence electrons. The summed E-state index contributed by atoms with van der Waals surface area (Å²) < 4.78 is 19.9. The van der Waals surface area contributed by atoms with Gasteiger partial charge in [-0.05, 0) is 53.6 Å². The van der Waals surface area contributed by atoms with Gasteiger partial charge in [-0.15, -0.1) is 6.58 Å². The van der Waals surface area contributed by atoms with Crippen molar-refractivity contribution in [2.45, 2.75) is 6.54 Å². The minimum Gasteiger partial charge on any atom is -0.453 e. The molecular weight excluding hydrogens is 393 g/mol. The Morgan fingerprint density at radius 3 is 2.68 bits per heavy atom. The molecule has 0 radical (unpaired) electrons. The Morgan fingerprint density at radius 2 is 2.03 bits per heavy atom. The third-order valence-corrected chi connectivity index (χ3v) is 4.35. The normalized spacial score (nSPS) is 10.5. The van der Waals surface area contributed by atoms with E-state index in [-0.39, 0.29) is 11.7 Å². The van der Waals surface area contributed by atoms with Crippen molar-refractivity contribution in [3.63, 3.8) is 0 Å². The summed E-state index contributed by atoms with van der Waals surface area (Å²) in [6.07, 6.45) is 7.68. The zero-order valence-electron chi connectivity index (χ0n) is 16.7. The van der Waals surface area contributed by atoms with Crippen LogP contribution in [-0.4, -0.2) is 22.3 Å². The van der Waals surface area contributed by atoms with Gasteiger partial charge in [0.15, 0.2) is 11.6 Å². The molecule has 1 heterocycles. The van der Waals surface area contributed by atoms with Gasteiger partial charge >= 0.3 is 0 Å². The van der Waals surface area contributed by atoms with Gasteiger partial charge in [-0.3, -0.25) is 9.78 Å². The number of hydrogen-bond donors (Lipinski definition) is 0. The van der Waals surface area contributed by atoms with Crippen LogP contribution in [0.15, 0.2) is 85.7 Å². The van der Waals surface area contributed by atoms with Gasteiger partial charge in [-0.2, -0.15) is 5.26 Å². The summed E-state index contributed by atoms with van der Waals surface area (Å²) in [5.74, 6) is -0.271. The first-order valence-corrected chi connectivity index (χ1v) is 9.53. The molecular formula is C25H20FN3O2. The summed E-state index contributed by atoms with van der Waals surface area (Å²) in [7, 11) is 0. The summed E-state index contributed by atoms with van der Waals surface area (Å²) >= 11 is 0. The van der Waals surface area contributed by atoms with Gasteiger partial charge in [-0.1, -0.05) is 24.3 Å². The monoisotopic (exact) mass is 413 g/mol. The average molecular weight is 413 g/mol. The molecule has 31 heavy (non-hydrogen) atoms. The van der Waals surface area contributed by atoms with Gasteiger partial charge in [0.25, 0.3) is 0 Å². The molecule has 2 aromatic carbocycles. The summed E-state index contributed by atoms with van der Waals surface area (Å²) in [5, 5.41) is 8.90. The Labute approximate surface area is 180 Å². The summed E-state index contributed by atoms with van der Waals surface area (Å²) in [6, 6.07) is 16.9. The van der Waals surface area contributed by atoms with E-state index in [1.54, 1.807) is 53.6 Å². The van der Waals surface area contributed by atoms with Crippen molar-refractivity contribution in [3.8, 4) is 17.6 Å². The molecule has 0 saturated heterocycles. The molecule has 5 nitrogen and oxygen atoms in total. The van der Waals surface area contributed by atoms with Crippen LogP contribution in [0.4, 0.5) is 4.39 Å². The van der Waals surface area contributed by atoms with Gasteiger partial charge in [-0.25, -0.2) is 4.39 Å². The molecule has 0 N–H and O–H groups in total. The Balaban J connectivity index is 1.68. The van der Waals surface area contributed by atoms with Crippen LogP contribution in [0, 0.1) is 17.1 Å². The van der Waals surface area contributed by atoms with Crippen molar-refractivity contribution >= 4 is 12.0 Å². The van der Waals surface area contributed by atoms with Crippen LogP contribution >= 0.6 is 0 Å². The second-order valence-corrected chi connectivity index (χ2v) is 6.63. The van der Waals surface area contributed by atoms with E-state index in [1.165, 1.54) is 24.4 Å². The van der Waals surface area contributed by atoms with Crippen LogP contribution in [0.5, 0.6) is 11.5 Å². The predicted molar refractivity (Wildman–Crippen MR) is 117 cm³/mol. The first kappa shape index (κ1) is 21.5. The quantitative estimate of drug-likeness (QED) is 0.380.